The second-order valence-electron chi connectivity index (χ2n) is 3.83. The molecule has 80 valence electrons. The Morgan fingerprint density at radius 2 is 2.27 bits per heavy atom. The quantitative estimate of drug-likeness (QED) is 0.823. The summed E-state index contributed by atoms with van der Waals surface area (Å²) in [5, 5.41) is 0. The van der Waals surface area contributed by atoms with Crippen molar-refractivity contribution in [2.24, 2.45) is 0 Å². The number of ether oxygens (including phenoxy) is 1. The zero-order chi connectivity index (χ0) is 10.7. The molecular formula is C12H13BrO2. The van der Waals surface area contributed by atoms with Gasteiger partial charge in [-0.2, -0.15) is 0 Å². The van der Waals surface area contributed by atoms with Gasteiger partial charge in [0.2, 0.25) is 0 Å². The summed E-state index contributed by atoms with van der Waals surface area (Å²) in [6, 6.07) is 7.74. The Kier molecular flexibility index (Phi) is 3.41. The van der Waals surface area contributed by atoms with Crippen LogP contribution in [0.2, 0.25) is 0 Å². The van der Waals surface area contributed by atoms with E-state index in [1.807, 2.05) is 24.3 Å². The molecule has 1 atom stereocenters. The number of carbonyl (C=O) groups is 1. The van der Waals surface area contributed by atoms with E-state index in [4.69, 9.17) is 4.74 Å². The molecule has 1 aromatic rings. The lowest BCUT2D eigenvalue weighted by atomic mass is 9.96. The molecule has 0 aliphatic heterocycles. The van der Waals surface area contributed by atoms with Crippen LogP contribution in [0.4, 0.5) is 0 Å². The molecule has 0 bridgehead atoms. The lowest BCUT2D eigenvalue weighted by molar-refractivity contribution is -0.122. The van der Waals surface area contributed by atoms with E-state index in [9.17, 15) is 4.79 Å². The summed E-state index contributed by atoms with van der Waals surface area (Å²) in [6.45, 7) is 0. The third-order valence-corrected chi connectivity index (χ3v) is 3.03. The van der Waals surface area contributed by atoms with Gasteiger partial charge in [-0.15, -0.1) is 0 Å². The predicted octanol–water partition coefficient (Wildman–Crippen LogP) is 3.34. The van der Waals surface area contributed by atoms with Crippen molar-refractivity contribution in [1.29, 1.82) is 0 Å². The van der Waals surface area contributed by atoms with Gasteiger partial charge in [0.05, 0.1) is 0 Å². The number of halogens is 1. The molecule has 15 heavy (non-hydrogen) atoms. The summed E-state index contributed by atoms with van der Waals surface area (Å²) in [6.07, 6.45) is 3.29. The maximum absolute atomic E-state index is 11.2. The molecule has 0 N–H and O–H groups in total. The van der Waals surface area contributed by atoms with Crippen molar-refractivity contribution < 1.29 is 9.53 Å². The van der Waals surface area contributed by atoms with Gasteiger partial charge in [0.1, 0.15) is 17.6 Å². The number of hydrogen-bond acceptors (Lipinski definition) is 2. The van der Waals surface area contributed by atoms with Crippen LogP contribution in [0.3, 0.4) is 0 Å². The summed E-state index contributed by atoms with van der Waals surface area (Å²) >= 11 is 3.39. The molecule has 3 heteroatoms. The number of hydrogen-bond donors (Lipinski definition) is 0. The van der Waals surface area contributed by atoms with Gasteiger partial charge in [-0.25, -0.2) is 0 Å². The Morgan fingerprint density at radius 1 is 1.40 bits per heavy atom. The maximum Gasteiger partial charge on any atom is 0.136 e. The van der Waals surface area contributed by atoms with Crippen molar-refractivity contribution in [1.82, 2.24) is 0 Å². The van der Waals surface area contributed by atoms with Crippen LogP contribution in [0.1, 0.15) is 25.7 Å². The van der Waals surface area contributed by atoms with Crippen molar-refractivity contribution in [2.75, 3.05) is 0 Å². The lowest BCUT2D eigenvalue weighted by Gasteiger charge is -2.22. The first-order valence-electron chi connectivity index (χ1n) is 5.18. The highest BCUT2D eigenvalue weighted by Gasteiger charge is 2.20. The normalized spacial score (nSPS) is 21.4. The molecule has 0 spiro atoms. The van der Waals surface area contributed by atoms with E-state index in [0.29, 0.717) is 12.2 Å². The fraction of sp³-hybridized carbons (Fsp3) is 0.417. The molecule has 2 nitrogen and oxygen atoms in total. The summed E-state index contributed by atoms with van der Waals surface area (Å²) in [5.74, 6) is 1.16. The van der Waals surface area contributed by atoms with Crippen LogP contribution < -0.4 is 4.74 Å². The largest absolute Gasteiger partial charge is 0.490 e. The lowest BCUT2D eigenvalue weighted by Crippen LogP contribution is -2.25. The monoisotopic (exact) mass is 268 g/mol. The molecule has 1 aromatic carbocycles. The van der Waals surface area contributed by atoms with Crippen LogP contribution in [0.25, 0.3) is 0 Å². The Bertz CT molecular complexity index is 362. The number of Topliss-reactive ketones (excluding diaryl/α,β-unsaturated/α-hetero) is 1. The second kappa shape index (κ2) is 4.79. The van der Waals surface area contributed by atoms with Gasteiger partial charge in [-0.05, 0) is 31.0 Å². The predicted molar refractivity (Wildman–Crippen MR) is 62.0 cm³/mol. The van der Waals surface area contributed by atoms with Crippen LogP contribution in [-0.2, 0) is 4.79 Å². The third-order valence-electron chi connectivity index (χ3n) is 2.54. The van der Waals surface area contributed by atoms with Crippen molar-refractivity contribution in [2.45, 2.75) is 31.8 Å². The molecule has 2 rings (SSSR count). The van der Waals surface area contributed by atoms with Crippen LogP contribution in [0.15, 0.2) is 28.7 Å². The zero-order valence-corrected chi connectivity index (χ0v) is 10.00. The summed E-state index contributed by atoms with van der Waals surface area (Å²) in [7, 11) is 0. The van der Waals surface area contributed by atoms with E-state index >= 15 is 0 Å². The summed E-state index contributed by atoms with van der Waals surface area (Å²) in [4.78, 5) is 11.2. The highest BCUT2D eigenvalue weighted by Crippen LogP contribution is 2.23. The van der Waals surface area contributed by atoms with E-state index in [1.165, 1.54) is 0 Å². The molecule has 1 unspecified atom stereocenters. The van der Waals surface area contributed by atoms with Crippen molar-refractivity contribution in [3.05, 3.63) is 28.7 Å². The average Bonchev–Trinajstić information content (AvgIpc) is 2.17. The van der Waals surface area contributed by atoms with Crippen molar-refractivity contribution in [3.8, 4) is 5.75 Å². The smallest absolute Gasteiger partial charge is 0.136 e. The molecule has 0 saturated heterocycles. The fourth-order valence-electron chi connectivity index (χ4n) is 1.82. The van der Waals surface area contributed by atoms with Crippen molar-refractivity contribution >= 4 is 21.7 Å². The first kappa shape index (κ1) is 10.7. The van der Waals surface area contributed by atoms with Crippen LogP contribution >= 0.6 is 15.9 Å². The molecule has 0 amide bonds. The molecule has 1 aliphatic carbocycles. The Morgan fingerprint density at radius 3 is 3.00 bits per heavy atom. The minimum absolute atomic E-state index is 0.0700. The Hall–Kier alpha value is -0.830. The van der Waals surface area contributed by atoms with Crippen LogP contribution in [0, 0.1) is 0 Å². The topological polar surface area (TPSA) is 26.3 Å². The molecular weight excluding hydrogens is 256 g/mol. The molecule has 0 heterocycles. The van der Waals surface area contributed by atoms with Gasteiger partial charge in [0.25, 0.3) is 0 Å². The van der Waals surface area contributed by atoms with Gasteiger partial charge in [0, 0.05) is 17.3 Å². The SMILES string of the molecule is O=C1CCCC(Oc2cccc(Br)c2)C1. The zero-order valence-electron chi connectivity index (χ0n) is 8.41. The Labute approximate surface area is 97.8 Å². The van der Waals surface area contributed by atoms with Crippen LogP contribution in [-0.4, -0.2) is 11.9 Å². The molecule has 1 aliphatic rings. The maximum atomic E-state index is 11.2. The summed E-state index contributed by atoms with van der Waals surface area (Å²) < 4.78 is 6.76. The average molecular weight is 269 g/mol. The van der Waals surface area contributed by atoms with Gasteiger partial charge < -0.3 is 4.74 Å². The van der Waals surface area contributed by atoms with E-state index in [1.54, 1.807) is 0 Å². The fourth-order valence-corrected chi connectivity index (χ4v) is 2.20. The van der Waals surface area contributed by atoms with Gasteiger partial charge in [-0.1, -0.05) is 22.0 Å². The number of carbonyl (C=O) groups excluding carboxylic acids is 1. The van der Waals surface area contributed by atoms with E-state index in [2.05, 4.69) is 15.9 Å². The molecule has 1 fully saturated rings. The first-order chi connectivity index (χ1) is 7.24. The molecule has 0 aromatic heterocycles. The highest BCUT2D eigenvalue weighted by molar-refractivity contribution is 9.10. The second-order valence-corrected chi connectivity index (χ2v) is 4.75. The standard InChI is InChI=1S/C12H13BrO2/c13-9-3-1-5-11(7-9)15-12-6-2-4-10(14)8-12/h1,3,5,7,12H,2,4,6,8H2. The number of rotatable bonds is 2. The molecule has 1 saturated carbocycles. The first-order valence-corrected chi connectivity index (χ1v) is 5.97. The number of ketones is 1. The molecule has 0 radical (unpaired) electrons. The minimum atomic E-state index is 0.0700. The van der Waals surface area contributed by atoms with Gasteiger partial charge in [0.15, 0.2) is 0 Å². The van der Waals surface area contributed by atoms with Gasteiger partial charge >= 0.3 is 0 Å². The van der Waals surface area contributed by atoms with E-state index < -0.39 is 0 Å². The minimum Gasteiger partial charge on any atom is -0.490 e. The van der Waals surface area contributed by atoms with Crippen molar-refractivity contribution in [3.63, 3.8) is 0 Å². The van der Waals surface area contributed by atoms with Gasteiger partial charge in [-0.3, -0.25) is 4.79 Å². The third kappa shape index (κ3) is 3.06. The van der Waals surface area contributed by atoms with E-state index in [-0.39, 0.29) is 6.10 Å². The van der Waals surface area contributed by atoms with Crippen LogP contribution in [0.5, 0.6) is 5.75 Å². The highest BCUT2D eigenvalue weighted by atomic mass is 79.9. The van der Waals surface area contributed by atoms with E-state index in [0.717, 1.165) is 29.5 Å². The Balaban J connectivity index is 1.99. The summed E-state index contributed by atoms with van der Waals surface area (Å²) in [5.41, 5.74) is 0. The number of benzene rings is 1.